The molecule has 1 aromatic heterocycles. The molecule has 2 atom stereocenters. The predicted octanol–water partition coefficient (Wildman–Crippen LogP) is 5.24. The molecule has 0 bridgehead atoms. The Balaban J connectivity index is 2.45. The first-order valence-corrected chi connectivity index (χ1v) is 12.4. The minimum absolute atomic E-state index is 0.222. The third kappa shape index (κ3) is 12.5. The molecule has 0 fully saturated rings. The molecule has 6 nitrogen and oxygen atoms in total. The summed E-state index contributed by atoms with van der Waals surface area (Å²) in [5.41, 5.74) is 4.21. The zero-order valence-electron chi connectivity index (χ0n) is 20.5. The molecule has 0 aliphatic rings. The highest BCUT2D eigenvalue weighted by Gasteiger charge is 2.21. The van der Waals surface area contributed by atoms with Crippen LogP contribution in [0.2, 0.25) is 0 Å². The van der Waals surface area contributed by atoms with Crippen molar-refractivity contribution < 1.29 is 9.59 Å². The number of hydrogen-bond acceptors (Lipinski definition) is 4. The van der Waals surface area contributed by atoms with Gasteiger partial charge < -0.3 is 15.6 Å². The third-order valence-electron chi connectivity index (χ3n) is 4.94. The van der Waals surface area contributed by atoms with Crippen LogP contribution >= 0.6 is 11.8 Å². The standard InChI is InChI=1S/C25H40N4O2S/c1-18(2)9-7-10-19(3)11-8-12-20(4)13-16-32-17-23(24-26-14-15-27-24)29-25(31)21(5)28-22(6)30/h9,11,13-15,21,23H,7-8,10,12,16-17H2,1-6H3,(H,26,27)(H,28,30)(H,29,31)/b19-11+,20-13+. The fourth-order valence-corrected chi connectivity index (χ4v) is 4.07. The molecule has 1 heterocycles. The van der Waals surface area contributed by atoms with Gasteiger partial charge in [-0.15, -0.1) is 0 Å². The van der Waals surface area contributed by atoms with Crippen molar-refractivity contribution in [1.82, 2.24) is 20.6 Å². The van der Waals surface area contributed by atoms with Crippen LogP contribution in [0.3, 0.4) is 0 Å². The summed E-state index contributed by atoms with van der Waals surface area (Å²) in [4.78, 5) is 31.0. The number of aromatic nitrogens is 2. The highest BCUT2D eigenvalue weighted by molar-refractivity contribution is 7.99. The van der Waals surface area contributed by atoms with Gasteiger partial charge in [-0.3, -0.25) is 9.59 Å². The van der Waals surface area contributed by atoms with E-state index in [1.165, 1.54) is 23.6 Å². The first-order valence-electron chi connectivity index (χ1n) is 11.3. The number of nitrogens with zero attached hydrogens (tertiary/aromatic N) is 1. The van der Waals surface area contributed by atoms with E-state index in [1.807, 2.05) is 0 Å². The maximum Gasteiger partial charge on any atom is 0.242 e. The number of H-pyrrole nitrogens is 1. The van der Waals surface area contributed by atoms with Gasteiger partial charge in [0, 0.05) is 30.8 Å². The monoisotopic (exact) mass is 460 g/mol. The molecule has 2 amide bonds. The van der Waals surface area contributed by atoms with Gasteiger partial charge in [-0.1, -0.05) is 34.9 Å². The average Bonchev–Trinajstić information content (AvgIpc) is 3.24. The molecule has 0 saturated carbocycles. The van der Waals surface area contributed by atoms with E-state index in [4.69, 9.17) is 0 Å². The van der Waals surface area contributed by atoms with E-state index in [0.717, 1.165) is 37.3 Å². The van der Waals surface area contributed by atoms with Crippen molar-refractivity contribution >= 4 is 23.6 Å². The lowest BCUT2D eigenvalue weighted by molar-refractivity contribution is -0.128. The summed E-state index contributed by atoms with van der Waals surface area (Å²) in [6, 6.07) is -0.825. The molecule has 1 aromatic rings. The van der Waals surface area contributed by atoms with Crippen molar-refractivity contribution in [3.05, 3.63) is 53.2 Å². The number of rotatable bonds is 14. The van der Waals surface area contributed by atoms with Crippen molar-refractivity contribution in [1.29, 1.82) is 0 Å². The largest absolute Gasteiger partial charge is 0.347 e. The molecular weight excluding hydrogens is 420 g/mol. The fraction of sp³-hybridized carbons (Fsp3) is 0.560. The van der Waals surface area contributed by atoms with Crippen LogP contribution in [0.4, 0.5) is 0 Å². The Labute approximate surface area is 197 Å². The lowest BCUT2D eigenvalue weighted by Gasteiger charge is -2.19. The second kappa shape index (κ2) is 15.5. The molecule has 0 saturated heterocycles. The smallest absolute Gasteiger partial charge is 0.242 e. The SMILES string of the molecule is CC(=O)NC(C)C(=O)NC(CSC/C=C(\C)CC/C=C(\C)CCC=C(C)C)c1ncc[nH]1. The summed E-state index contributed by atoms with van der Waals surface area (Å²) in [5.74, 6) is 1.84. The van der Waals surface area contributed by atoms with Crippen molar-refractivity contribution in [2.45, 2.75) is 79.3 Å². The Morgan fingerprint density at radius 3 is 2.28 bits per heavy atom. The molecule has 0 aromatic carbocycles. The number of allylic oxidation sites excluding steroid dienone is 5. The summed E-state index contributed by atoms with van der Waals surface area (Å²) >= 11 is 1.75. The quantitative estimate of drug-likeness (QED) is 0.262. The summed E-state index contributed by atoms with van der Waals surface area (Å²) in [7, 11) is 0. The van der Waals surface area contributed by atoms with Gasteiger partial charge in [-0.05, 0) is 60.3 Å². The Kier molecular flexibility index (Phi) is 13.5. The topological polar surface area (TPSA) is 86.9 Å². The molecule has 0 aliphatic heterocycles. The van der Waals surface area contributed by atoms with Gasteiger partial charge in [0.15, 0.2) is 0 Å². The number of amides is 2. The van der Waals surface area contributed by atoms with E-state index in [0.29, 0.717) is 5.75 Å². The molecule has 2 unspecified atom stereocenters. The number of nitrogens with one attached hydrogen (secondary N) is 3. The van der Waals surface area contributed by atoms with Crippen molar-refractivity contribution in [3.63, 3.8) is 0 Å². The van der Waals surface area contributed by atoms with Gasteiger partial charge >= 0.3 is 0 Å². The number of carbonyl (C=O) groups is 2. The van der Waals surface area contributed by atoms with E-state index < -0.39 is 6.04 Å². The minimum atomic E-state index is -0.587. The molecule has 7 heteroatoms. The van der Waals surface area contributed by atoms with E-state index in [-0.39, 0.29) is 17.9 Å². The van der Waals surface area contributed by atoms with Crippen LogP contribution in [0.5, 0.6) is 0 Å². The maximum absolute atomic E-state index is 12.4. The van der Waals surface area contributed by atoms with Crippen LogP contribution in [0, 0.1) is 0 Å². The van der Waals surface area contributed by atoms with E-state index >= 15 is 0 Å². The van der Waals surface area contributed by atoms with Crippen LogP contribution in [-0.4, -0.2) is 39.3 Å². The molecular formula is C25H40N4O2S. The Hall–Kier alpha value is -2.28. The summed E-state index contributed by atoms with van der Waals surface area (Å²) in [6.07, 6.45) is 14.7. The number of hydrogen-bond donors (Lipinski definition) is 3. The second-order valence-corrected chi connectivity index (χ2v) is 9.53. The second-order valence-electron chi connectivity index (χ2n) is 8.46. The van der Waals surface area contributed by atoms with E-state index in [1.54, 1.807) is 31.1 Å². The maximum atomic E-state index is 12.4. The van der Waals surface area contributed by atoms with Crippen LogP contribution in [0.25, 0.3) is 0 Å². The summed E-state index contributed by atoms with van der Waals surface area (Å²) in [5, 5.41) is 5.60. The summed E-state index contributed by atoms with van der Waals surface area (Å²) in [6.45, 7) is 11.7. The number of thioether (sulfide) groups is 1. The zero-order valence-corrected chi connectivity index (χ0v) is 21.3. The normalized spacial score (nSPS) is 13.9. The zero-order chi connectivity index (χ0) is 23.9. The van der Waals surface area contributed by atoms with Crippen molar-refractivity contribution in [2.75, 3.05) is 11.5 Å². The fourth-order valence-electron chi connectivity index (χ4n) is 3.05. The minimum Gasteiger partial charge on any atom is -0.347 e. The third-order valence-corrected chi connectivity index (χ3v) is 5.91. The molecule has 3 N–H and O–H groups in total. The molecule has 0 radical (unpaired) electrons. The van der Waals surface area contributed by atoms with Gasteiger partial charge in [-0.25, -0.2) is 4.98 Å². The molecule has 1 rings (SSSR count). The molecule has 0 spiro atoms. The molecule has 178 valence electrons. The van der Waals surface area contributed by atoms with Gasteiger partial charge in [0.1, 0.15) is 11.9 Å². The predicted molar refractivity (Wildman–Crippen MR) is 135 cm³/mol. The Morgan fingerprint density at radius 2 is 1.69 bits per heavy atom. The van der Waals surface area contributed by atoms with Crippen LogP contribution in [0.1, 0.15) is 79.1 Å². The Morgan fingerprint density at radius 1 is 1.03 bits per heavy atom. The van der Waals surface area contributed by atoms with Crippen LogP contribution < -0.4 is 10.6 Å². The van der Waals surface area contributed by atoms with Gasteiger partial charge in [0.25, 0.3) is 0 Å². The van der Waals surface area contributed by atoms with Gasteiger partial charge in [0.2, 0.25) is 11.8 Å². The van der Waals surface area contributed by atoms with Crippen molar-refractivity contribution in [2.24, 2.45) is 0 Å². The number of carbonyl (C=O) groups excluding carboxylic acids is 2. The number of imidazole rings is 1. The Bertz CT molecular complexity index is 793. The lowest BCUT2D eigenvalue weighted by atomic mass is 10.1. The average molecular weight is 461 g/mol. The van der Waals surface area contributed by atoms with Crippen molar-refractivity contribution in [3.8, 4) is 0 Å². The van der Waals surface area contributed by atoms with E-state index in [2.05, 4.69) is 66.5 Å². The highest BCUT2D eigenvalue weighted by atomic mass is 32.2. The van der Waals surface area contributed by atoms with Gasteiger partial charge in [-0.2, -0.15) is 11.8 Å². The first kappa shape index (κ1) is 27.8. The molecule has 32 heavy (non-hydrogen) atoms. The highest BCUT2D eigenvalue weighted by Crippen LogP contribution is 2.17. The van der Waals surface area contributed by atoms with Crippen LogP contribution in [0.15, 0.2) is 47.3 Å². The van der Waals surface area contributed by atoms with Gasteiger partial charge in [0.05, 0.1) is 6.04 Å². The summed E-state index contributed by atoms with van der Waals surface area (Å²) < 4.78 is 0. The van der Waals surface area contributed by atoms with Crippen LogP contribution in [-0.2, 0) is 9.59 Å². The molecule has 0 aliphatic carbocycles. The number of aromatic amines is 1. The van der Waals surface area contributed by atoms with E-state index in [9.17, 15) is 9.59 Å². The first-order chi connectivity index (χ1) is 15.2. The lowest BCUT2D eigenvalue weighted by Crippen LogP contribution is -2.45.